The lowest BCUT2D eigenvalue weighted by Gasteiger charge is -2.06. The van der Waals surface area contributed by atoms with Crippen LogP contribution in [-0.4, -0.2) is 4.98 Å². The molecule has 3 aromatic rings. The van der Waals surface area contributed by atoms with Crippen LogP contribution in [0.5, 0.6) is 0 Å². The molecule has 0 fully saturated rings. The van der Waals surface area contributed by atoms with Crippen LogP contribution in [0.2, 0.25) is 0 Å². The molecule has 138 valence electrons. The van der Waals surface area contributed by atoms with Crippen molar-refractivity contribution >= 4 is 23.9 Å². The fourth-order valence-electron chi connectivity index (χ4n) is 2.44. The summed E-state index contributed by atoms with van der Waals surface area (Å²) in [6, 6.07) is 17.1. The fraction of sp³-hybridized carbons (Fsp3) is 0.136. The monoisotopic (exact) mass is 385 g/mol. The number of pyridine rings is 1. The Labute approximate surface area is 161 Å². The molecule has 0 unspecified atom stereocenters. The molecule has 1 aromatic heterocycles. The molecule has 0 aliphatic carbocycles. The molecule has 0 radical (unpaired) electrons. The predicted octanol–water partition coefficient (Wildman–Crippen LogP) is 7.04. The SMILES string of the molecule is Cc1ccc(Sc2cccc(/C=C/c3ccc(C(F)(F)F)cc3)c2)nc1C. The zero-order chi connectivity index (χ0) is 19.4. The van der Waals surface area contributed by atoms with Crippen LogP contribution in [-0.2, 0) is 6.18 Å². The van der Waals surface area contributed by atoms with E-state index in [1.807, 2.05) is 50.3 Å². The average molecular weight is 385 g/mol. The van der Waals surface area contributed by atoms with Gasteiger partial charge in [0.2, 0.25) is 0 Å². The summed E-state index contributed by atoms with van der Waals surface area (Å²) in [5.41, 5.74) is 3.23. The van der Waals surface area contributed by atoms with Crippen LogP contribution < -0.4 is 0 Å². The van der Waals surface area contributed by atoms with E-state index in [-0.39, 0.29) is 0 Å². The standard InChI is InChI=1S/C22H18F3NS/c1-15-6-13-21(26-16(15)2)27-20-5-3-4-18(14-20)8-7-17-9-11-19(12-10-17)22(23,24)25/h3-14H,1-2H3/b8-7+. The van der Waals surface area contributed by atoms with Crippen LogP contribution in [0.4, 0.5) is 13.2 Å². The third-order valence-electron chi connectivity index (χ3n) is 4.11. The second-order valence-electron chi connectivity index (χ2n) is 6.18. The molecule has 2 aromatic carbocycles. The van der Waals surface area contributed by atoms with Crippen LogP contribution in [0.15, 0.2) is 70.6 Å². The van der Waals surface area contributed by atoms with Crippen LogP contribution in [0.25, 0.3) is 12.2 Å². The van der Waals surface area contributed by atoms with Gasteiger partial charge in [0.05, 0.1) is 5.56 Å². The lowest BCUT2D eigenvalue weighted by molar-refractivity contribution is -0.137. The molecule has 1 nitrogen and oxygen atoms in total. The summed E-state index contributed by atoms with van der Waals surface area (Å²) in [6.07, 6.45) is -0.616. The molecule has 27 heavy (non-hydrogen) atoms. The number of alkyl halides is 3. The second-order valence-corrected chi connectivity index (χ2v) is 7.27. The average Bonchev–Trinajstić information content (AvgIpc) is 2.63. The van der Waals surface area contributed by atoms with E-state index in [1.54, 1.807) is 17.8 Å². The Balaban J connectivity index is 1.73. The Morgan fingerprint density at radius 1 is 0.852 bits per heavy atom. The maximum atomic E-state index is 12.6. The molecule has 0 aliphatic heterocycles. The first-order valence-corrected chi connectivity index (χ1v) is 9.20. The minimum atomic E-state index is -4.31. The van der Waals surface area contributed by atoms with Crippen molar-refractivity contribution in [2.75, 3.05) is 0 Å². The van der Waals surface area contributed by atoms with E-state index in [4.69, 9.17) is 0 Å². The van der Waals surface area contributed by atoms with E-state index in [1.165, 1.54) is 12.1 Å². The van der Waals surface area contributed by atoms with Crippen molar-refractivity contribution in [3.05, 3.63) is 88.6 Å². The maximum absolute atomic E-state index is 12.6. The summed E-state index contributed by atoms with van der Waals surface area (Å²) in [4.78, 5) is 5.63. The molecule has 0 aliphatic rings. The highest BCUT2D eigenvalue weighted by Crippen LogP contribution is 2.30. The van der Waals surface area contributed by atoms with E-state index in [0.717, 1.165) is 44.4 Å². The minimum Gasteiger partial charge on any atom is -0.246 e. The highest BCUT2D eigenvalue weighted by atomic mass is 32.2. The molecule has 0 N–H and O–H groups in total. The van der Waals surface area contributed by atoms with E-state index in [2.05, 4.69) is 11.1 Å². The van der Waals surface area contributed by atoms with Crippen LogP contribution >= 0.6 is 11.8 Å². The third kappa shape index (κ3) is 5.23. The number of aromatic nitrogens is 1. The van der Waals surface area contributed by atoms with Crippen molar-refractivity contribution in [2.24, 2.45) is 0 Å². The molecule has 0 atom stereocenters. The fourth-order valence-corrected chi connectivity index (χ4v) is 3.34. The van der Waals surface area contributed by atoms with Crippen molar-refractivity contribution in [3.63, 3.8) is 0 Å². The molecule has 0 saturated carbocycles. The number of hydrogen-bond acceptors (Lipinski definition) is 2. The number of halogens is 3. The quantitative estimate of drug-likeness (QED) is 0.447. The topological polar surface area (TPSA) is 12.9 Å². The van der Waals surface area contributed by atoms with E-state index in [9.17, 15) is 13.2 Å². The van der Waals surface area contributed by atoms with Gasteiger partial charge in [-0.25, -0.2) is 4.98 Å². The lowest BCUT2D eigenvalue weighted by atomic mass is 10.1. The smallest absolute Gasteiger partial charge is 0.246 e. The minimum absolute atomic E-state index is 0.640. The summed E-state index contributed by atoms with van der Waals surface area (Å²) in [6.45, 7) is 4.02. The Bertz CT molecular complexity index is 960. The highest BCUT2D eigenvalue weighted by Gasteiger charge is 2.29. The number of nitrogens with zero attached hydrogens (tertiary/aromatic N) is 1. The van der Waals surface area contributed by atoms with Gasteiger partial charge in [0.15, 0.2) is 0 Å². The second kappa shape index (κ2) is 8.01. The van der Waals surface area contributed by atoms with Crippen molar-refractivity contribution in [1.29, 1.82) is 0 Å². The van der Waals surface area contributed by atoms with Gasteiger partial charge >= 0.3 is 6.18 Å². The van der Waals surface area contributed by atoms with E-state index < -0.39 is 11.7 Å². The summed E-state index contributed by atoms with van der Waals surface area (Å²) in [5, 5.41) is 0.932. The number of hydrogen-bond donors (Lipinski definition) is 0. The lowest BCUT2D eigenvalue weighted by Crippen LogP contribution is -2.03. The Morgan fingerprint density at radius 3 is 2.22 bits per heavy atom. The van der Waals surface area contributed by atoms with Gasteiger partial charge in [0, 0.05) is 10.6 Å². The van der Waals surface area contributed by atoms with Gasteiger partial charge in [0.1, 0.15) is 5.03 Å². The van der Waals surface area contributed by atoms with Crippen molar-refractivity contribution in [3.8, 4) is 0 Å². The van der Waals surface area contributed by atoms with Crippen molar-refractivity contribution in [2.45, 2.75) is 29.9 Å². The molecule has 0 saturated heterocycles. The maximum Gasteiger partial charge on any atom is 0.416 e. The van der Waals surface area contributed by atoms with E-state index in [0.29, 0.717) is 0 Å². The van der Waals surface area contributed by atoms with Gasteiger partial charge in [0.25, 0.3) is 0 Å². The largest absolute Gasteiger partial charge is 0.416 e. The zero-order valence-corrected chi connectivity index (χ0v) is 15.7. The summed E-state index contributed by atoms with van der Waals surface area (Å²) >= 11 is 1.58. The molecular formula is C22H18F3NS. The van der Waals surface area contributed by atoms with Crippen LogP contribution in [0.1, 0.15) is 27.9 Å². The first-order valence-electron chi connectivity index (χ1n) is 8.39. The van der Waals surface area contributed by atoms with Gasteiger partial charge in [-0.1, -0.05) is 54.2 Å². The molecule has 0 spiro atoms. The predicted molar refractivity (Wildman–Crippen MR) is 105 cm³/mol. The van der Waals surface area contributed by atoms with Crippen LogP contribution in [0.3, 0.4) is 0 Å². The van der Waals surface area contributed by atoms with Gasteiger partial charge in [-0.3, -0.25) is 0 Å². The van der Waals surface area contributed by atoms with Gasteiger partial charge in [-0.2, -0.15) is 13.2 Å². The molecule has 5 heteroatoms. The Kier molecular flexibility index (Phi) is 5.71. The molecular weight excluding hydrogens is 367 g/mol. The first-order chi connectivity index (χ1) is 12.8. The molecule has 0 bridgehead atoms. The third-order valence-corrected chi connectivity index (χ3v) is 5.04. The number of aryl methyl sites for hydroxylation is 2. The molecule has 0 amide bonds. The Morgan fingerprint density at radius 2 is 1.56 bits per heavy atom. The van der Waals surface area contributed by atoms with E-state index >= 15 is 0 Å². The Hall–Kier alpha value is -2.53. The normalized spacial score (nSPS) is 11.9. The van der Waals surface area contributed by atoms with Gasteiger partial charge in [-0.15, -0.1) is 0 Å². The number of benzene rings is 2. The van der Waals surface area contributed by atoms with Crippen molar-refractivity contribution < 1.29 is 13.2 Å². The van der Waals surface area contributed by atoms with Crippen molar-refractivity contribution in [1.82, 2.24) is 4.98 Å². The number of rotatable bonds is 4. The van der Waals surface area contributed by atoms with Gasteiger partial charge in [-0.05, 0) is 60.9 Å². The first kappa shape index (κ1) is 19.2. The molecule has 3 rings (SSSR count). The van der Waals surface area contributed by atoms with Gasteiger partial charge < -0.3 is 0 Å². The highest BCUT2D eigenvalue weighted by molar-refractivity contribution is 7.99. The summed E-state index contributed by atoms with van der Waals surface area (Å²) in [5.74, 6) is 0. The summed E-state index contributed by atoms with van der Waals surface area (Å²) < 4.78 is 37.8. The molecule has 1 heterocycles. The van der Waals surface area contributed by atoms with Crippen LogP contribution in [0, 0.1) is 13.8 Å². The summed E-state index contributed by atoms with van der Waals surface area (Å²) in [7, 11) is 0. The zero-order valence-electron chi connectivity index (χ0n) is 14.9.